The van der Waals surface area contributed by atoms with Crippen molar-refractivity contribution in [1.82, 2.24) is 15.1 Å². The van der Waals surface area contributed by atoms with Gasteiger partial charge in [-0.3, -0.25) is 9.59 Å². The Balaban J connectivity index is 2.07. The average Bonchev–Trinajstić information content (AvgIpc) is 2.58. The Labute approximate surface area is 175 Å². The van der Waals surface area contributed by atoms with Crippen LogP contribution in [0.4, 0.5) is 0 Å². The summed E-state index contributed by atoms with van der Waals surface area (Å²) >= 11 is 6.12. The Kier molecular flexibility index (Phi) is 7.74. The summed E-state index contributed by atoms with van der Waals surface area (Å²) in [7, 11) is 3.70. The zero-order valence-corrected chi connectivity index (χ0v) is 19.0. The second-order valence-corrected chi connectivity index (χ2v) is 9.96. The Morgan fingerprint density at radius 2 is 1.96 bits per heavy atom. The smallest absolute Gasteiger partial charge is 0.245 e. The molecule has 2 atom stereocenters. The SMILES string of the molecule is CC(C)[C@@H](NC(=O)CN(C)C)C(=O)N1CC[C@H](C2=CC=C(Cl)CC2)C(C)(C)C1. The molecule has 1 aliphatic carbocycles. The molecule has 0 radical (unpaired) electrons. The number of likely N-dealkylation sites (tertiary alicyclic amines) is 1. The topological polar surface area (TPSA) is 52.7 Å². The molecule has 0 saturated carbocycles. The predicted octanol–water partition coefficient (Wildman–Crippen LogP) is 3.41. The molecule has 6 heteroatoms. The Morgan fingerprint density at radius 3 is 2.46 bits per heavy atom. The number of likely N-dealkylation sites (N-methyl/N-ethyl adjacent to an activating group) is 1. The molecule has 1 aliphatic heterocycles. The number of rotatable bonds is 6. The number of nitrogens with one attached hydrogen (secondary N) is 1. The van der Waals surface area contributed by atoms with E-state index in [0.717, 1.165) is 30.8 Å². The molecule has 0 aromatic carbocycles. The van der Waals surface area contributed by atoms with Crippen molar-refractivity contribution in [2.24, 2.45) is 17.3 Å². The summed E-state index contributed by atoms with van der Waals surface area (Å²) in [6.07, 6.45) is 7.06. The van der Waals surface area contributed by atoms with Crippen molar-refractivity contribution in [3.8, 4) is 0 Å². The second kappa shape index (κ2) is 9.45. The quantitative estimate of drug-likeness (QED) is 0.731. The van der Waals surface area contributed by atoms with Crippen LogP contribution in [0, 0.1) is 17.3 Å². The average molecular weight is 410 g/mol. The van der Waals surface area contributed by atoms with Gasteiger partial charge in [0.15, 0.2) is 0 Å². The summed E-state index contributed by atoms with van der Waals surface area (Å²) in [6.45, 7) is 10.2. The Morgan fingerprint density at radius 1 is 1.29 bits per heavy atom. The van der Waals surface area contributed by atoms with Crippen molar-refractivity contribution in [3.63, 3.8) is 0 Å². The van der Waals surface area contributed by atoms with E-state index in [1.807, 2.05) is 43.8 Å². The van der Waals surface area contributed by atoms with Gasteiger partial charge in [-0.25, -0.2) is 0 Å². The summed E-state index contributed by atoms with van der Waals surface area (Å²) in [6, 6.07) is -0.476. The maximum atomic E-state index is 13.2. The third-order valence-electron chi connectivity index (χ3n) is 5.83. The molecule has 0 unspecified atom stereocenters. The molecule has 1 fully saturated rings. The van der Waals surface area contributed by atoms with Gasteiger partial charge in [0.2, 0.25) is 11.8 Å². The van der Waals surface area contributed by atoms with Gasteiger partial charge in [-0.05, 0) is 56.7 Å². The van der Waals surface area contributed by atoms with Crippen LogP contribution >= 0.6 is 11.6 Å². The Hall–Kier alpha value is -1.33. The van der Waals surface area contributed by atoms with Crippen LogP contribution in [0.2, 0.25) is 0 Å². The van der Waals surface area contributed by atoms with Crippen LogP contribution in [0.5, 0.6) is 0 Å². The molecule has 2 amide bonds. The number of allylic oxidation sites excluding steroid dienone is 4. The van der Waals surface area contributed by atoms with Crippen molar-refractivity contribution in [3.05, 3.63) is 22.8 Å². The first kappa shape index (κ1) is 23.0. The summed E-state index contributed by atoms with van der Waals surface area (Å²) < 4.78 is 0. The highest BCUT2D eigenvalue weighted by Gasteiger charge is 2.41. The molecule has 2 aliphatic rings. The number of carbonyl (C=O) groups is 2. The lowest BCUT2D eigenvalue weighted by Gasteiger charge is -2.46. The van der Waals surface area contributed by atoms with Gasteiger partial charge in [-0.15, -0.1) is 0 Å². The maximum absolute atomic E-state index is 13.2. The molecule has 0 spiro atoms. The van der Waals surface area contributed by atoms with Crippen molar-refractivity contribution >= 4 is 23.4 Å². The zero-order chi connectivity index (χ0) is 21.1. The summed E-state index contributed by atoms with van der Waals surface area (Å²) in [5.74, 6) is 0.433. The summed E-state index contributed by atoms with van der Waals surface area (Å²) in [5, 5.41) is 3.86. The fourth-order valence-electron chi connectivity index (χ4n) is 4.37. The standard InChI is InChI=1S/C22H36ClN3O2/c1-15(2)20(24-19(27)13-25(5)6)21(28)26-12-11-18(22(3,4)14-26)16-7-9-17(23)10-8-16/h7,9,15,18,20H,8,10-14H2,1-6H3,(H,24,27)/t18-,20-/m1/s1. The number of hydrogen-bond acceptors (Lipinski definition) is 3. The minimum absolute atomic E-state index is 0.00737. The van der Waals surface area contributed by atoms with Gasteiger partial charge in [0.1, 0.15) is 6.04 Å². The van der Waals surface area contributed by atoms with E-state index < -0.39 is 6.04 Å². The van der Waals surface area contributed by atoms with E-state index in [2.05, 4.69) is 25.2 Å². The monoisotopic (exact) mass is 409 g/mol. The fraction of sp³-hybridized carbons (Fsp3) is 0.727. The second-order valence-electron chi connectivity index (χ2n) is 9.47. The number of carbonyl (C=O) groups excluding carboxylic acids is 2. The number of piperidine rings is 1. The summed E-state index contributed by atoms with van der Waals surface area (Å²) in [5.41, 5.74) is 1.44. The van der Waals surface area contributed by atoms with Crippen LogP contribution in [-0.2, 0) is 9.59 Å². The first-order valence-electron chi connectivity index (χ1n) is 10.3. The maximum Gasteiger partial charge on any atom is 0.245 e. The Bertz CT molecular complexity index is 652. The molecule has 0 bridgehead atoms. The molecule has 1 saturated heterocycles. The highest BCUT2D eigenvalue weighted by atomic mass is 35.5. The molecule has 28 heavy (non-hydrogen) atoms. The van der Waals surface area contributed by atoms with Gasteiger partial charge in [-0.1, -0.05) is 50.9 Å². The summed E-state index contributed by atoms with van der Waals surface area (Å²) in [4.78, 5) is 29.2. The number of nitrogens with zero attached hydrogens (tertiary/aromatic N) is 2. The molecule has 2 rings (SSSR count). The van der Waals surface area contributed by atoms with Crippen LogP contribution < -0.4 is 5.32 Å². The highest BCUT2D eigenvalue weighted by Crippen LogP contribution is 2.42. The minimum Gasteiger partial charge on any atom is -0.343 e. The van der Waals surface area contributed by atoms with Crippen molar-refractivity contribution in [2.45, 2.75) is 53.0 Å². The van der Waals surface area contributed by atoms with Crippen LogP contribution in [-0.4, -0.2) is 61.4 Å². The molecular weight excluding hydrogens is 374 g/mol. The van der Waals surface area contributed by atoms with E-state index in [1.54, 1.807) is 0 Å². The van der Waals surface area contributed by atoms with Crippen LogP contribution in [0.15, 0.2) is 22.8 Å². The first-order valence-corrected chi connectivity index (χ1v) is 10.7. The van der Waals surface area contributed by atoms with Crippen molar-refractivity contribution in [2.75, 3.05) is 33.7 Å². The van der Waals surface area contributed by atoms with Gasteiger partial charge < -0.3 is 15.1 Å². The van der Waals surface area contributed by atoms with Crippen LogP contribution in [0.1, 0.15) is 47.0 Å². The lowest BCUT2D eigenvalue weighted by molar-refractivity contribution is -0.141. The third-order valence-corrected chi connectivity index (χ3v) is 6.14. The predicted molar refractivity (Wildman–Crippen MR) is 115 cm³/mol. The number of hydrogen-bond donors (Lipinski definition) is 1. The van der Waals surface area contributed by atoms with Gasteiger partial charge in [-0.2, -0.15) is 0 Å². The molecule has 0 aromatic rings. The van der Waals surface area contributed by atoms with Crippen molar-refractivity contribution < 1.29 is 9.59 Å². The van der Waals surface area contributed by atoms with Crippen LogP contribution in [0.3, 0.4) is 0 Å². The number of amides is 2. The van der Waals surface area contributed by atoms with Gasteiger partial charge >= 0.3 is 0 Å². The van der Waals surface area contributed by atoms with E-state index in [4.69, 9.17) is 11.6 Å². The molecule has 0 aromatic heterocycles. The molecule has 5 nitrogen and oxygen atoms in total. The highest BCUT2D eigenvalue weighted by molar-refractivity contribution is 6.29. The lowest BCUT2D eigenvalue weighted by atomic mass is 9.68. The molecule has 1 N–H and O–H groups in total. The molecular formula is C22H36ClN3O2. The van der Waals surface area contributed by atoms with Crippen molar-refractivity contribution in [1.29, 1.82) is 0 Å². The van der Waals surface area contributed by atoms with E-state index in [-0.39, 0.29) is 29.7 Å². The van der Waals surface area contributed by atoms with E-state index >= 15 is 0 Å². The molecule has 1 heterocycles. The normalized spacial score (nSPS) is 23.3. The first-order chi connectivity index (χ1) is 13.0. The van der Waals surface area contributed by atoms with Crippen LogP contribution in [0.25, 0.3) is 0 Å². The van der Waals surface area contributed by atoms with Gasteiger partial charge in [0, 0.05) is 18.1 Å². The van der Waals surface area contributed by atoms with Gasteiger partial charge in [0.25, 0.3) is 0 Å². The largest absolute Gasteiger partial charge is 0.343 e. The van der Waals surface area contributed by atoms with E-state index in [9.17, 15) is 9.59 Å². The zero-order valence-electron chi connectivity index (χ0n) is 18.2. The fourth-order valence-corrected chi connectivity index (χ4v) is 4.52. The lowest BCUT2D eigenvalue weighted by Crippen LogP contribution is -2.57. The molecule has 158 valence electrons. The number of halogens is 1. The third kappa shape index (κ3) is 5.84. The van der Waals surface area contributed by atoms with Gasteiger partial charge in [0.05, 0.1) is 6.54 Å². The van der Waals surface area contributed by atoms with E-state index in [0.29, 0.717) is 12.5 Å². The van der Waals surface area contributed by atoms with E-state index in [1.165, 1.54) is 5.57 Å². The minimum atomic E-state index is -0.476.